The van der Waals surface area contributed by atoms with Crippen LogP contribution in [-0.2, 0) is 4.74 Å². The lowest BCUT2D eigenvalue weighted by molar-refractivity contribution is 0.0490. The summed E-state index contributed by atoms with van der Waals surface area (Å²) >= 11 is 7.30. The number of aliphatic imine (C=N–C) groups is 1. The van der Waals surface area contributed by atoms with Crippen LogP contribution in [0.1, 0.15) is 64.4 Å². The van der Waals surface area contributed by atoms with Crippen LogP contribution in [0.15, 0.2) is 17.1 Å². The average molecular weight is 445 g/mol. The van der Waals surface area contributed by atoms with Crippen molar-refractivity contribution in [3.05, 3.63) is 21.3 Å². The summed E-state index contributed by atoms with van der Waals surface area (Å²) in [5.41, 5.74) is -0.487. The van der Waals surface area contributed by atoms with E-state index >= 15 is 0 Å². The molecule has 1 aliphatic carbocycles. The fourth-order valence-electron chi connectivity index (χ4n) is 3.14. The van der Waals surface area contributed by atoms with Crippen LogP contribution < -0.4 is 16.0 Å². The molecule has 1 heterocycles. The number of carbonyl (C=O) groups excluding carboxylic acids is 1. The first-order valence-electron chi connectivity index (χ1n) is 10.1. The second-order valence-corrected chi connectivity index (χ2v) is 9.96. The Labute approximate surface area is 182 Å². The highest BCUT2D eigenvalue weighted by Crippen LogP contribution is 2.27. The molecule has 1 aromatic heterocycles. The Bertz CT molecular complexity index is 682. The maximum absolute atomic E-state index is 11.9. The molecule has 0 aromatic carbocycles. The number of hydrogen-bond acceptors (Lipinski definition) is 5. The second-order valence-electron chi connectivity index (χ2n) is 8.22. The van der Waals surface area contributed by atoms with Crippen molar-refractivity contribution in [3.8, 4) is 0 Å². The molecule has 7 nitrogen and oxygen atoms in total. The molecule has 1 unspecified atom stereocenters. The van der Waals surface area contributed by atoms with E-state index in [1.54, 1.807) is 6.07 Å². The number of guanidine groups is 1. The van der Waals surface area contributed by atoms with Gasteiger partial charge in [-0.1, -0.05) is 11.6 Å². The normalized spacial score (nSPS) is 21.4. The van der Waals surface area contributed by atoms with Crippen molar-refractivity contribution in [2.24, 2.45) is 4.99 Å². The topological polar surface area (TPSA) is 95.0 Å². The summed E-state index contributed by atoms with van der Waals surface area (Å²) in [6.45, 7) is 8.59. The number of hydrogen-bond donors (Lipinski definition) is 4. The van der Waals surface area contributed by atoms with Gasteiger partial charge in [0.15, 0.2) is 5.96 Å². The summed E-state index contributed by atoms with van der Waals surface area (Å²) in [6, 6.07) is 4.01. The average Bonchev–Trinajstić information content (AvgIpc) is 3.06. The van der Waals surface area contributed by atoms with E-state index in [0.29, 0.717) is 10.3 Å². The molecule has 0 spiro atoms. The van der Waals surface area contributed by atoms with Crippen LogP contribution in [0.3, 0.4) is 0 Å². The molecule has 9 heteroatoms. The Morgan fingerprint density at radius 1 is 1.28 bits per heavy atom. The third-order valence-electron chi connectivity index (χ3n) is 4.48. The molecule has 4 N–H and O–H groups in total. The summed E-state index contributed by atoms with van der Waals surface area (Å²) in [5, 5.41) is 19.9. The summed E-state index contributed by atoms with van der Waals surface area (Å²) < 4.78 is 5.99. The third kappa shape index (κ3) is 8.80. The predicted octanol–water partition coefficient (Wildman–Crippen LogP) is 3.83. The maximum atomic E-state index is 11.9. The standard InChI is InChI=1S/C20H33ClN4O3S/c1-5-22-18(23-12-15(26)16-10-11-17(21)29-16)24-13-6-8-14(9-7-13)25-19(27)28-20(2,3)4/h10-11,13-15,26H,5-9,12H2,1-4H3,(H,25,27)(H2,22,23,24). The van der Waals surface area contributed by atoms with Gasteiger partial charge in [-0.15, -0.1) is 11.3 Å². The SMILES string of the molecule is CCNC(=NCC(O)c1ccc(Cl)s1)NC1CCC(NC(=O)OC(C)(C)C)CC1. The van der Waals surface area contributed by atoms with Gasteiger partial charge in [0.1, 0.15) is 11.7 Å². The van der Waals surface area contributed by atoms with E-state index in [1.807, 2.05) is 33.8 Å². The van der Waals surface area contributed by atoms with Crippen LogP contribution in [0.5, 0.6) is 0 Å². The van der Waals surface area contributed by atoms with Crippen LogP contribution in [0.25, 0.3) is 0 Å². The smallest absolute Gasteiger partial charge is 0.407 e. The lowest BCUT2D eigenvalue weighted by atomic mass is 9.91. The molecule has 164 valence electrons. The van der Waals surface area contributed by atoms with Crippen LogP contribution in [-0.4, -0.2) is 47.9 Å². The highest BCUT2D eigenvalue weighted by atomic mass is 35.5. The molecule has 0 saturated heterocycles. The Balaban J connectivity index is 1.80. The van der Waals surface area contributed by atoms with E-state index in [-0.39, 0.29) is 24.7 Å². The summed E-state index contributed by atoms with van der Waals surface area (Å²) in [7, 11) is 0. The molecule has 0 bridgehead atoms. The number of ether oxygens (including phenoxy) is 1. The second kappa shape index (κ2) is 11.0. The van der Waals surface area contributed by atoms with Crippen LogP contribution in [0, 0.1) is 0 Å². The van der Waals surface area contributed by atoms with Gasteiger partial charge in [-0.2, -0.15) is 0 Å². The van der Waals surface area contributed by atoms with Gasteiger partial charge >= 0.3 is 6.09 Å². The van der Waals surface area contributed by atoms with Gasteiger partial charge in [0.25, 0.3) is 0 Å². The lowest BCUT2D eigenvalue weighted by Crippen LogP contribution is -2.48. The molecule has 0 aliphatic heterocycles. The van der Waals surface area contributed by atoms with E-state index < -0.39 is 11.7 Å². The monoisotopic (exact) mass is 444 g/mol. The Morgan fingerprint density at radius 2 is 1.90 bits per heavy atom. The number of amides is 1. The highest BCUT2D eigenvalue weighted by molar-refractivity contribution is 7.16. The highest BCUT2D eigenvalue weighted by Gasteiger charge is 2.25. The van der Waals surface area contributed by atoms with Crippen LogP contribution >= 0.6 is 22.9 Å². The lowest BCUT2D eigenvalue weighted by Gasteiger charge is -2.31. The number of alkyl carbamates (subject to hydrolysis) is 1. The zero-order chi connectivity index (χ0) is 21.4. The minimum atomic E-state index is -0.670. The predicted molar refractivity (Wildman–Crippen MR) is 119 cm³/mol. The number of carbonyl (C=O) groups is 1. The molecule has 1 saturated carbocycles. The first-order chi connectivity index (χ1) is 13.7. The van der Waals surface area contributed by atoms with E-state index in [4.69, 9.17) is 16.3 Å². The number of thiophene rings is 1. The van der Waals surface area contributed by atoms with Gasteiger partial charge in [0.05, 0.1) is 10.9 Å². The van der Waals surface area contributed by atoms with Crippen molar-refractivity contribution in [1.82, 2.24) is 16.0 Å². The van der Waals surface area contributed by atoms with Gasteiger partial charge in [0.2, 0.25) is 0 Å². The minimum absolute atomic E-state index is 0.132. The molecular formula is C20H33ClN4O3S. The molecule has 1 fully saturated rings. The number of rotatable bonds is 6. The van der Waals surface area contributed by atoms with E-state index in [0.717, 1.165) is 37.1 Å². The third-order valence-corrected chi connectivity index (χ3v) is 5.81. The molecule has 1 aliphatic rings. The summed E-state index contributed by atoms with van der Waals surface area (Å²) in [4.78, 5) is 17.3. The zero-order valence-corrected chi connectivity index (χ0v) is 19.2. The Morgan fingerprint density at radius 3 is 2.41 bits per heavy atom. The van der Waals surface area contributed by atoms with Crippen molar-refractivity contribution < 1.29 is 14.6 Å². The number of aliphatic hydroxyl groups is 1. The molecule has 2 rings (SSSR count). The minimum Gasteiger partial charge on any atom is -0.444 e. The zero-order valence-electron chi connectivity index (χ0n) is 17.6. The quantitative estimate of drug-likeness (QED) is 0.395. The number of nitrogens with one attached hydrogen (secondary N) is 3. The molecule has 29 heavy (non-hydrogen) atoms. The van der Waals surface area contributed by atoms with Crippen molar-refractivity contribution in [1.29, 1.82) is 0 Å². The number of aliphatic hydroxyl groups excluding tert-OH is 1. The van der Waals surface area contributed by atoms with Crippen molar-refractivity contribution in [2.45, 2.75) is 77.2 Å². The molecule has 1 atom stereocenters. The fraction of sp³-hybridized carbons (Fsp3) is 0.700. The molecular weight excluding hydrogens is 412 g/mol. The van der Waals surface area contributed by atoms with Crippen LogP contribution in [0.2, 0.25) is 4.34 Å². The van der Waals surface area contributed by atoms with Crippen LogP contribution in [0.4, 0.5) is 4.79 Å². The Kier molecular flexibility index (Phi) is 9.04. The van der Waals surface area contributed by atoms with Crippen molar-refractivity contribution >= 4 is 35.0 Å². The van der Waals surface area contributed by atoms with E-state index in [2.05, 4.69) is 20.9 Å². The maximum Gasteiger partial charge on any atom is 0.407 e. The molecule has 1 aromatic rings. The van der Waals surface area contributed by atoms with Gasteiger partial charge in [-0.3, -0.25) is 4.99 Å². The van der Waals surface area contributed by atoms with Gasteiger partial charge in [-0.05, 0) is 65.5 Å². The molecule has 1 amide bonds. The largest absolute Gasteiger partial charge is 0.444 e. The Hall–Kier alpha value is -1.51. The summed E-state index contributed by atoms with van der Waals surface area (Å²) in [6.07, 6.45) is 2.59. The van der Waals surface area contributed by atoms with Gasteiger partial charge in [0, 0.05) is 23.5 Å². The number of halogens is 1. The van der Waals surface area contributed by atoms with Gasteiger partial charge < -0.3 is 25.8 Å². The number of nitrogens with zero attached hydrogens (tertiary/aromatic N) is 1. The van der Waals surface area contributed by atoms with Gasteiger partial charge in [-0.25, -0.2) is 4.79 Å². The first-order valence-corrected chi connectivity index (χ1v) is 11.3. The first kappa shape index (κ1) is 23.8. The molecule has 0 radical (unpaired) electrons. The van der Waals surface area contributed by atoms with Crippen molar-refractivity contribution in [2.75, 3.05) is 13.1 Å². The summed E-state index contributed by atoms with van der Waals surface area (Å²) in [5.74, 6) is 0.692. The van der Waals surface area contributed by atoms with E-state index in [9.17, 15) is 9.90 Å². The van der Waals surface area contributed by atoms with Crippen molar-refractivity contribution in [3.63, 3.8) is 0 Å². The van der Waals surface area contributed by atoms with E-state index in [1.165, 1.54) is 11.3 Å². The fourth-order valence-corrected chi connectivity index (χ4v) is 4.18.